The van der Waals surface area contributed by atoms with Gasteiger partial charge in [-0.3, -0.25) is 0 Å². The Bertz CT molecular complexity index is 629. The molecule has 3 heteroatoms. The number of hydrogen-bond donors (Lipinski definition) is 0. The van der Waals surface area contributed by atoms with E-state index in [1.54, 1.807) is 0 Å². The van der Waals surface area contributed by atoms with Gasteiger partial charge < -0.3 is 4.57 Å². The highest BCUT2D eigenvalue weighted by atomic mass is 35.5. The van der Waals surface area contributed by atoms with E-state index in [1.165, 1.54) is 43.2 Å². The third-order valence-corrected chi connectivity index (χ3v) is 5.19. The van der Waals surface area contributed by atoms with E-state index in [0.29, 0.717) is 6.04 Å². The Morgan fingerprint density at radius 3 is 2.90 bits per heavy atom. The fourth-order valence-electron chi connectivity index (χ4n) is 3.86. The number of alkyl halides is 1. The van der Waals surface area contributed by atoms with Crippen molar-refractivity contribution in [3.8, 4) is 0 Å². The molecule has 0 saturated heterocycles. The van der Waals surface area contributed by atoms with Crippen LogP contribution in [0.2, 0.25) is 0 Å². The molecule has 0 spiro atoms. The summed E-state index contributed by atoms with van der Waals surface area (Å²) in [7, 11) is 0. The first-order chi connectivity index (χ1) is 10.1. The smallest absolute Gasteiger partial charge is 0.127 e. The summed E-state index contributed by atoms with van der Waals surface area (Å²) in [5.41, 5.74) is 3.69. The summed E-state index contributed by atoms with van der Waals surface area (Å²) in [5.74, 6) is 1.89. The average Bonchev–Trinajstić information content (AvgIpc) is 2.88. The van der Waals surface area contributed by atoms with E-state index in [0.717, 1.165) is 17.3 Å². The van der Waals surface area contributed by atoms with Crippen LogP contribution in [-0.4, -0.2) is 9.55 Å². The molecule has 21 heavy (non-hydrogen) atoms. The zero-order chi connectivity index (χ0) is 15.0. The number of aromatic nitrogens is 2. The van der Waals surface area contributed by atoms with Gasteiger partial charge in [0.1, 0.15) is 5.82 Å². The van der Waals surface area contributed by atoms with Crippen molar-refractivity contribution in [2.24, 2.45) is 5.92 Å². The maximum atomic E-state index is 6.44. The molecule has 2 nitrogen and oxygen atoms in total. The fourth-order valence-corrected chi connectivity index (χ4v) is 4.01. The van der Waals surface area contributed by atoms with Crippen LogP contribution >= 0.6 is 11.6 Å². The third-order valence-electron chi connectivity index (χ3n) is 4.99. The maximum Gasteiger partial charge on any atom is 0.127 e. The SMILES string of the molecule is CCC1CCCC(n2c(C(C)Cl)nc3cccc(C)c32)C1. The molecule has 0 N–H and O–H groups in total. The van der Waals surface area contributed by atoms with Crippen LogP contribution in [0.15, 0.2) is 18.2 Å². The van der Waals surface area contributed by atoms with Crippen LogP contribution in [0.5, 0.6) is 0 Å². The topological polar surface area (TPSA) is 17.8 Å². The Labute approximate surface area is 132 Å². The molecule has 0 radical (unpaired) electrons. The van der Waals surface area contributed by atoms with Gasteiger partial charge in [0, 0.05) is 6.04 Å². The van der Waals surface area contributed by atoms with Crippen molar-refractivity contribution in [3.63, 3.8) is 0 Å². The molecular weight excluding hydrogens is 280 g/mol. The maximum absolute atomic E-state index is 6.44. The van der Waals surface area contributed by atoms with Gasteiger partial charge in [0.05, 0.1) is 16.4 Å². The number of benzene rings is 1. The number of aryl methyl sites for hydroxylation is 1. The molecule has 114 valence electrons. The highest BCUT2D eigenvalue weighted by Crippen LogP contribution is 2.39. The number of nitrogens with zero attached hydrogens (tertiary/aromatic N) is 2. The molecule has 3 rings (SSSR count). The first kappa shape index (κ1) is 14.9. The Morgan fingerprint density at radius 1 is 1.38 bits per heavy atom. The Kier molecular flexibility index (Phi) is 4.26. The molecule has 1 aliphatic rings. The van der Waals surface area contributed by atoms with Crippen LogP contribution < -0.4 is 0 Å². The van der Waals surface area contributed by atoms with E-state index in [2.05, 4.69) is 36.6 Å². The molecule has 3 unspecified atom stereocenters. The van der Waals surface area contributed by atoms with Crippen molar-refractivity contribution in [2.75, 3.05) is 0 Å². The molecule has 2 aromatic rings. The number of para-hydroxylation sites is 1. The van der Waals surface area contributed by atoms with Crippen molar-refractivity contribution >= 4 is 22.6 Å². The zero-order valence-corrected chi connectivity index (χ0v) is 14.0. The molecule has 1 fully saturated rings. The second-order valence-electron chi connectivity index (χ2n) is 6.49. The van der Waals surface area contributed by atoms with Crippen molar-refractivity contribution in [2.45, 2.75) is 64.3 Å². The van der Waals surface area contributed by atoms with Gasteiger partial charge in [0.25, 0.3) is 0 Å². The van der Waals surface area contributed by atoms with Crippen molar-refractivity contribution in [3.05, 3.63) is 29.6 Å². The molecule has 1 aromatic heterocycles. The normalized spacial score (nSPS) is 24.4. The lowest BCUT2D eigenvalue weighted by molar-refractivity contribution is 0.261. The zero-order valence-electron chi connectivity index (χ0n) is 13.3. The van der Waals surface area contributed by atoms with Crippen molar-refractivity contribution < 1.29 is 0 Å². The van der Waals surface area contributed by atoms with Gasteiger partial charge in [0.15, 0.2) is 0 Å². The van der Waals surface area contributed by atoms with Crippen LogP contribution in [0.25, 0.3) is 11.0 Å². The number of hydrogen-bond acceptors (Lipinski definition) is 1. The Balaban J connectivity index is 2.12. The van der Waals surface area contributed by atoms with Gasteiger partial charge >= 0.3 is 0 Å². The minimum Gasteiger partial charge on any atom is -0.323 e. The molecular formula is C18H25ClN2. The highest BCUT2D eigenvalue weighted by Gasteiger charge is 2.27. The molecule has 1 aromatic carbocycles. The number of fused-ring (bicyclic) bond motifs is 1. The molecule has 1 aliphatic carbocycles. The summed E-state index contributed by atoms with van der Waals surface area (Å²) in [6.45, 7) is 6.54. The first-order valence-electron chi connectivity index (χ1n) is 8.23. The lowest BCUT2D eigenvalue weighted by Gasteiger charge is -2.31. The van der Waals surface area contributed by atoms with E-state index in [9.17, 15) is 0 Å². The number of rotatable bonds is 3. The predicted molar refractivity (Wildman–Crippen MR) is 90.0 cm³/mol. The van der Waals surface area contributed by atoms with Gasteiger partial charge in [-0.05, 0) is 44.2 Å². The standard InChI is InChI=1S/C18H25ClN2/c1-4-14-8-6-9-15(11-14)21-17-12(2)7-5-10-16(17)20-18(21)13(3)19/h5,7,10,13-15H,4,6,8-9,11H2,1-3H3. The van der Waals surface area contributed by atoms with Crippen LogP contribution in [0, 0.1) is 12.8 Å². The van der Waals surface area contributed by atoms with E-state index in [-0.39, 0.29) is 5.38 Å². The predicted octanol–water partition coefficient (Wildman–Crippen LogP) is 5.79. The summed E-state index contributed by atoms with van der Waals surface area (Å²) in [6.07, 6.45) is 6.52. The van der Waals surface area contributed by atoms with E-state index in [4.69, 9.17) is 16.6 Å². The molecule has 1 heterocycles. The highest BCUT2D eigenvalue weighted by molar-refractivity contribution is 6.20. The van der Waals surface area contributed by atoms with Crippen molar-refractivity contribution in [1.82, 2.24) is 9.55 Å². The molecule has 0 aliphatic heterocycles. The summed E-state index contributed by atoms with van der Waals surface area (Å²) in [6, 6.07) is 6.95. The van der Waals surface area contributed by atoms with Gasteiger partial charge in [-0.1, -0.05) is 38.3 Å². The second kappa shape index (κ2) is 6.00. The largest absolute Gasteiger partial charge is 0.323 e. The fraction of sp³-hybridized carbons (Fsp3) is 0.611. The van der Waals surface area contributed by atoms with Gasteiger partial charge in [-0.15, -0.1) is 11.6 Å². The first-order valence-corrected chi connectivity index (χ1v) is 8.67. The average molecular weight is 305 g/mol. The van der Waals surface area contributed by atoms with E-state index < -0.39 is 0 Å². The second-order valence-corrected chi connectivity index (χ2v) is 7.15. The summed E-state index contributed by atoms with van der Waals surface area (Å²) in [5, 5.41) is -0.0428. The monoisotopic (exact) mass is 304 g/mol. The van der Waals surface area contributed by atoms with Crippen LogP contribution in [0.4, 0.5) is 0 Å². The number of imidazole rings is 1. The van der Waals surface area contributed by atoms with Crippen LogP contribution in [0.3, 0.4) is 0 Å². The summed E-state index contributed by atoms with van der Waals surface area (Å²) < 4.78 is 2.46. The molecule has 3 atom stereocenters. The Morgan fingerprint density at radius 2 is 2.19 bits per heavy atom. The van der Waals surface area contributed by atoms with E-state index in [1.807, 2.05) is 6.92 Å². The van der Waals surface area contributed by atoms with Crippen molar-refractivity contribution in [1.29, 1.82) is 0 Å². The van der Waals surface area contributed by atoms with Crippen LogP contribution in [-0.2, 0) is 0 Å². The minimum absolute atomic E-state index is 0.0428. The molecule has 0 bridgehead atoms. The van der Waals surface area contributed by atoms with Gasteiger partial charge in [-0.2, -0.15) is 0 Å². The quantitative estimate of drug-likeness (QED) is 0.657. The lowest BCUT2D eigenvalue weighted by atomic mass is 9.84. The van der Waals surface area contributed by atoms with E-state index >= 15 is 0 Å². The van der Waals surface area contributed by atoms with Gasteiger partial charge in [0.2, 0.25) is 0 Å². The molecule has 0 amide bonds. The summed E-state index contributed by atoms with van der Waals surface area (Å²) in [4.78, 5) is 4.83. The molecule has 1 saturated carbocycles. The van der Waals surface area contributed by atoms with Gasteiger partial charge in [-0.25, -0.2) is 4.98 Å². The third kappa shape index (κ3) is 2.70. The minimum atomic E-state index is -0.0428. The van der Waals surface area contributed by atoms with Crippen LogP contribution in [0.1, 0.15) is 68.8 Å². The Hall–Kier alpha value is -1.02. The lowest BCUT2D eigenvalue weighted by Crippen LogP contribution is -2.21. The summed E-state index contributed by atoms with van der Waals surface area (Å²) >= 11 is 6.44. The number of halogens is 1.